The van der Waals surface area contributed by atoms with Crippen LogP contribution in [0.15, 0.2) is 0 Å². The number of unbranched alkanes of at least 4 members (excludes halogenated alkanes) is 16. The van der Waals surface area contributed by atoms with E-state index in [1.54, 1.807) is 4.90 Å². The number of hydrogen-bond donors (Lipinski definition) is 0. The fraction of sp³-hybridized carbons (Fsp3) is 0.933. The van der Waals surface area contributed by atoms with Crippen molar-refractivity contribution in [1.29, 1.82) is 0 Å². The minimum absolute atomic E-state index is 0.0469. The second kappa shape index (κ2) is 36.4. The molecule has 7 nitrogen and oxygen atoms in total. The summed E-state index contributed by atoms with van der Waals surface area (Å²) in [6.45, 7) is 19.0. The molecule has 0 aliphatic rings. The summed E-state index contributed by atoms with van der Waals surface area (Å²) in [5.41, 5.74) is 0. The molecule has 0 rings (SSSR count). The maximum Gasteiger partial charge on any atom is 0.308 e. The molecule has 0 aliphatic heterocycles. The SMILES string of the molecule is CCCCCCCCC(CCCCCC)C(=O)OCCN(CCOC(=O)C(CCCCCC)CCCCCCCC)C(=O)C(C)CCN(CC)CC. The third-order valence-corrected chi connectivity index (χ3v) is 11.0. The molecule has 0 aromatic rings. The van der Waals surface area contributed by atoms with Crippen molar-refractivity contribution in [2.75, 3.05) is 45.9 Å². The van der Waals surface area contributed by atoms with E-state index in [4.69, 9.17) is 9.47 Å². The zero-order chi connectivity index (χ0) is 38.7. The van der Waals surface area contributed by atoms with Crippen LogP contribution in [0.5, 0.6) is 0 Å². The van der Waals surface area contributed by atoms with Crippen LogP contribution in [0.4, 0.5) is 0 Å². The van der Waals surface area contributed by atoms with Crippen molar-refractivity contribution in [3.63, 3.8) is 0 Å². The molecule has 52 heavy (non-hydrogen) atoms. The number of carbonyl (C=O) groups is 3. The summed E-state index contributed by atoms with van der Waals surface area (Å²) in [5, 5.41) is 0. The summed E-state index contributed by atoms with van der Waals surface area (Å²) in [4.78, 5) is 44.6. The van der Waals surface area contributed by atoms with Crippen LogP contribution >= 0.6 is 0 Å². The number of carbonyl (C=O) groups excluding carboxylic acids is 3. The fourth-order valence-corrected chi connectivity index (χ4v) is 7.17. The van der Waals surface area contributed by atoms with Gasteiger partial charge in [-0.15, -0.1) is 0 Å². The molecule has 0 spiro atoms. The molecule has 0 heterocycles. The zero-order valence-electron chi connectivity index (χ0n) is 35.8. The first-order valence-electron chi connectivity index (χ1n) is 22.6. The van der Waals surface area contributed by atoms with Crippen LogP contribution in [0.1, 0.15) is 209 Å². The highest BCUT2D eigenvalue weighted by Gasteiger charge is 2.25. The van der Waals surface area contributed by atoms with Gasteiger partial charge >= 0.3 is 11.9 Å². The lowest BCUT2D eigenvalue weighted by molar-refractivity contribution is -0.153. The topological polar surface area (TPSA) is 76.1 Å². The molecule has 0 radical (unpaired) electrons. The minimum atomic E-state index is -0.162. The van der Waals surface area contributed by atoms with E-state index in [-0.39, 0.29) is 48.8 Å². The Morgan fingerprint density at radius 1 is 0.442 bits per heavy atom. The van der Waals surface area contributed by atoms with E-state index in [0.29, 0.717) is 13.1 Å². The Morgan fingerprint density at radius 2 is 0.769 bits per heavy atom. The predicted octanol–water partition coefficient (Wildman–Crippen LogP) is 11.9. The fourth-order valence-electron chi connectivity index (χ4n) is 7.17. The van der Waals surface area contributed by atoms with Crippen LogP contribution in [0, 0.1) is 17.8 Å². The number of nitrogens with zero attached hydrogens (tertiary/aromatic N) is 2. The Hall–Kier alpha value is -1.63. The highest BCUT2D eigenvalue weighted by atomic mass is 16.5. The third kappa shape index (κ3) is 27.0. The van der Waals surface area contributed by atoms with Crippen molar-refractivity contribution in [2.45, 2.75) is 209 Å². The molecule has 0 aromatic heterocycles. The van der Waals surface area contributed by atoms with Crippen molar-refractivity contribution in [3.05, 3.63) is 0 Å². The quantitative estimate of drug-likeness (QED) is 0.0464. The number of esters is 2. The predicted molar refractivity (Wildman–Crippen MR) is 221 cm³/mol. The maximum absolute atomic E-state index is 13.8. The first-order chi connectivity index (χ1) is 25.3. The lowest BCUT2D eigenvalue weighted by atomic mass is 9.94. The minimum Gasteiger partial charge on any atom is -0.464 e. The van der Waals surface area contributed by atoms with E-state index in [9.17, 15) is 14.4 Å². The molecule has 0 fully saturated rings. The summed E-state index contributed by atoms with van der Waals surface area (Å²) in [5.74, 6) is -0.474. The molecule has 3 unspecified atom stereocenters. The first kappa shape index (κ1) is 50.4. The normalized spacial score (nSPS) is 13.2. The molecular formula is C45H88N2O5. The van der Waals surface area contributed by atoms with Crippen LogP contribution < -0.4 is 0 Å². The van der Waals surface area contributed by atoms with Crippen LogP contribution in [0.3, 0.4) is 0 Å². The Kier molecular flexibility index (Phi) is 35.2. The lowest BCUT2D eigenvalue weighted by Gasteiger charge is -2.27. The molecule has 7 heteroatoms. The van der Waals surface area contributed by atoms with Gasteiger partial charge in [-0.3, -0.25) is 14.4 Å². The average molecular weight is 737 g/mol. The molecule has 0 saturated carbocycles. The molecule has 0 aromatic carbocycles. The number of ether oxygens (including phenoxy) is 2. The van der Waals surface area contributed by atoms with Crippen molar-refractivity contribution < 1.29 is 23.9 Å². The Labute approximate surface area is 323 Å². The van der Waals surface area contributed by atoms with E-state index < -0.39 is 0 Å². The van der Waals surface area contributed by atoms with Gasteiger partial charge in [0.2, 0.25) is 5.91 Å². The molecule has 308 valence electrons. The van der Waals surface area contributed by atoms with Crippen molar-refractivity contribution in [3.8, 4) is 0 Å². The van der Waals surface area contributed by atoms with Crippen LogP contribution in [0.2, 0.25) is 0 Å². The van der Waals surface area contributed by atoms with Crippen molar-refractivity contribution >= 4 is 17.8 Å². The van der Waals surface area contributed by atoms with Gasteiger partial charge in [0.05, 0.1) is 24.9 Å². The van der Waals surface area contributed by atoms with Crippen LogP contribution in [0.25, 0.3) is 0 Å². The van der Waals surface area contributed by atoms with Gasteiger partial charge in [-0.1, -0.05) is 177 Å². The standard InChI is InChI=1S/C45H88N2O5/c1-8-14-18-22-24-28-32-41(30-26-20-16-10-3)44(49)51-38-36-47(43(48)40(7)34-35-46(12-5)13-6)37-39-52-45(50)42(31-27-21-17-11-4)33-29-25-23-19-15-9-2/h40-42H,8-39H2,1-7H3. The van der Waals surface area contributed by atoms with Gasteiger partial charge in [0.1, 0.15) is 13.2 Å². The Balaban J connectivity index is 5.42. The summed E-state index contributed by atoms with van der Waals surface area (Å²) < 4.78 is 11.8. The van der Waals surface area contributed by atoms with Gasteiger partial charge in [0.15, 0.2) is 0 Å². The summed E-state index contributed by atoms with van der Waals surface area (Å²) in [6.07, 6.45) is 28.0. The summed E-state index contributed by atoms with van der Waals surface area (Å²) in [7, 11) is 0. The van der Waals surface area contributed by atoms with E-state index in [1.807, 2.05) is 6.92 Å². The number of hydrogen-bond acceptors (Lipinski definition) is 6. The van der Waals surface area contributed by atoms with Gasteiger partial charge in [0, 0.05) is 5.92 Å². The number of amides is 1. The second-order valence-corrected chi connectivity index (χ2v) is 15.6. The highest BCUT2D eigenvalue weighted by molar-refractivity contribution is 5.78. The van der Waals surface area contributed by atoms with E-state index in [2.05, 4.69) is 46.4 Å². The molecule has 0 N–H and O–H groups in total. The third-order valence-electron chi connectivity index (χ3n) is 11.0. The molecule has 3 atom stereocenters. The van der Waals surface area contributed by atoms with Gasteiger partial charge in [-0.25, -0.2) is 0 Å². The van der Waals surface area contributed by atoms with Crippen LogP contribution in [-0.4, -0.2) is 73.6 Å². The monoisotopic (exact) mass is 737 g/mol. The molecule has 0 aliphatic carbocycles. The summed E-state index contributed by atoms with van der Waals surface area (Å²) in [6, 6.07) is 0. The summed E-state index contributed by atoms with van der Waals surface area (Å²) >= 11 is 0. The highest BCUT2D eigenvalue weighted by Crippen LogP contribution is 2.22. The smallest absolute Gasteiger partial charge is 0.308 e. The molecule has 1 amide bonds. The van der Waals surface area contributed by atoms with E-state index in [0.717, 1.165) is 90.3 Å². The molecule has 0 saturated heterocycles. The maximum atomic E-state index is 13.8. The van der Waals surface area contributed by atoms with Crippen molar-refractivity contribution in [2.24, 2.45) is 17.8 Å². The second-order valence-electron chi connectivity index (χ2n) is 15.6. The largest absolute Gasteiger partial charge is 0.464 e. The van der Waals surface area contributed by atoms with Gasteiger partial charge in [-0.2, -0.15) is 0 Å². The van der Waals surface area contributed by atoms with Gasteiger partial charge in [-0.05, 0) is 51.7 Å². The van der Waals surface area contributed by atoms with Gasteiger partial charge < -0.3 is 19.3 Å². The Morgan fingerprint density at radius 3 is 1.12 bits per heavy atom. The van der Waals surface area contributed by atoms with Crippen LogP contribution in [-0.2, 0) is 23.9 Å². The van der Waals surface area contributed by atoms with E-state index in [1.165, 1.54) is 89.9 Å². The molecular weight excluding hydrogens is 649 g/mol. The zero-order valence-corrected chi connectivity index (χ0v) is 35.8. The Bertz CT molecular complexity index is 783. The van der Waals surface area contributed by atoms with Gasteiger partial charge in [0.25, 0.3) is 0 Å². The van der Waals surface area contributed by atoms with E-state index >= 15 is 0 Å². The van der Waals surface area contributed by atoms with Crippen molar-refractivity contribution in [1.82, 2.24) is 9.80 Å². The lowest BCUT2D eigenvalue weighted by Crippen LogP contribution is -2.41. The average Bonchev–Trinajstić information content (AvgIpc) is 3.15. The number of rotatable bonds is 38. The molecule has 0 bridgehead atoms. The first-order valence-corrected chi connectivity index (χ1v) is 22.6.